The second kappa shape index (κ2) is 6.83. The van der Waals surface area contributed by atoms with E-state index in [9.17, 15) is 14.3 Å². The van der Waals surface area contributed by atoms with E-state index in [1.807, 2.05) is 24.3 Å². The normalized spacial score (nSPS) is 16.5. The molecular formula is C19H18ClFN4O2. The van der Waals surface area contributed by atoms with Crippen LogP contribution in [-0.4, -0.2) is 39.3 Å². The van der Waals surface area contributed by atoms with Gasteiger partial charge in [-0.15, -0.1) is 0 Å². The first kappa shape index (κ1) is 17.8. The molecule has 1 aliphatic rings. The maximum atomic E-state index is 13.6. The molecule has 6 nitrogen and oxygen atoms in total. The molecule has 2 aromatic carbocycles. The number of piperidine rings is 1. The molecule has 3 N–H and O–H groups in total. The number of benzene rings is 2. The van der Waals surface area contributed by atoms with Crippen molar-refractivity contribution in [3.63, 3.8) is 0 Å². The Morgan fingerprint density at radius 3 is 2.74 bits per heavy atom. The van der Waals surface area contributed by atoms with Crippen LogP contribution in [0.15, 0.2) is 42.5 Å². The van der Waals surface area contributed by atoms with E-state index < -0.39 is 11.4 Å². The van der Waals surface area contributed by atoms with E-state index in [1.54, 1.807) is 11.0 Å². The predicted molar refractivity (Wildman–Crippen MR) is 101 cm³/mol. The average molecular weight is 389 g/mol. The van der Waals surface area contributed by atoms with Crippen LogP contribution >= 0.6 is 11.6 Å². The number of anilines is 1. The Labute approximate surface area is 159 Å². The summed E-state index contributed by atoms with van der Waals surface area (Å²) in [6, 6.07) is 11.3. The van der Waals surface area contributed by atoms with Gasteiger partial charge >= 0.3 is 6.03 Å². The van der Waals surface area contributed by atoms with Crippen molar-refractivity contribution in [3.05, 3.63) is 58.9 Å². The van der Waals surface area contributed by atoms with Crippen molar-refractivity contribution in [1.82, 2.24) is 15.1 Å². The number of amides is 2. The van der Waals surface area contributed by atoms with Crippen molar-refractivity contribution in [3.8, 4) is 0 Å². The van der Waals surface area contributed by atoms with E-state index >= 15 is 0 Å². The summed E-state index contributed by atoms with van der Waals surface area (Å²) < 4.78 is 13.6. The summed E-state index contributed by atoms with van der Waals surface area (Å²) in [5, 5.41) is 21.8. The van der Waals surface area contributed by atoms with E-state index in [-0.39, 0.29) is 11.1 Å². The average Bonchev–Trinajstić information content (AvgIpc) is 3.04. The molecule has 0 aliphatic carbocycles. The Morgan fingerprint density at radius 1 is 1.26 bits per heavy atom. The SMILES string of the molecule is O=C(Nc1n[nH]c2ccccc12)N1CCC(O)(c2cc(F)cc(Cl)c2)CC1. The molecule has 1 aromatic heterocycles. The third kappa shape index (κ3) is 3.48. The topological polar surface area (TPSA) is 81.2 Å². The summed E-state index contributed by atoms with van der Waals surface area (Å²) in [7, 11) is 0. The van der Waals surface area contributed by atoms with Gasteiger partial charge in [0.2, 0.25) is 0 Å². The summed E-state index contributed by atoms with van der Waals surface area (Å²) in [4.78, 5) is 14.2. The van der Waals surface area contributed by atoms with Gasteiger partial charge in [0.15, 0.2) is 5.82 Å². The second-order valence-corrected chi connectivity index (χ2v) is 7.16. The van der Waals surface area contributed by atoms with Gasteiger partial charge < -0.3 is 10.0 Å². The molecule has 140 valence electrons. The largest absolute Gasteiger partial charge is 0.385 e. The fourth-order valence-corrected chi connectivity index (χ4v) is 3.65. The third-order valence-corrected chi connectivity index (χ3v) is 5.19. The zero-order valence-corrected chi connectivity index (χ0v) is 15.1. The van der Waals surface area contributed by atoms with Crippen LogP contribution in [0.3, 0.4) is 0 Å². The molecule has 2 heterocycles. The number of fused-ring (bicyclic) bond motifs is 1. The van der Waals surface area contributed by atoms with Crippen LogP contribution in [0.1, 0.15) is 18.4 Å². The summed E-state index contributed by atoms with van der Waals surface area (Å²) in [5.41, 5.74) is 0.0660. The Balaban J connectivity index is 1.44. The maximum Gasteiger partial charge on any atom is 0.323 e. The number of para-hydroxylation sites is 1. The van der Waals surface area contributed by atoms with Gasteiger partial charge in [-0.3, -0.25) is 10.4 Å². The van der Waals surface area contributed by atoms with Crippen LogP contribution < -0.4 is 5.32 Å². The fourth-order valence-electron chi connectivity index (χ4n) is 3.43. The molecule has 1 aliphatic heterocycles. The lowest BCUT2D eigenvalue weighted by atomic mass is 9.84. The summed E-state index contributed by atoms with van der Waals surface area (Å²) in [6.07, 6.45) is 0.586. The van der Waals surface area contributed by atoms with Crippen LogP contribution in [0.25, 0.3) is 10.9 Å². The molecule has 0 spiro atoms. The highest BCUT2D eigenvalue weighted by Crippen LogP contribution is 2.34. The molecule has 1 fully saturated rings. The Bertz CT molecular complexity index is 978. The Morgan fingerprint density at radius 2 is 2.00 bits per heavy atom. The number of aromatic amines is 1. The summed E-state index contributed by atoms with van der Waals surface area (Å²) in [5.74, 6) is -0.0233. The van der Waals surface area contributed by atoms with Crippen molar-refractivity contribution in [2.45, 2.75) is 18.4 Å². The quantitative estimate of drug-likeness (QED) is 0.623. The van der Waals surface area contributed by atoms with Crippen molar-refractivity contribution in [1.29, 1.82) is 0 Å². The monoisotopic (exact) mass is 388 g/mol. The van der Waals surface area contributed by atoms with Crippen LogP contribution in [0.5, 0.6) is 0 Å². The minimum Gasteiger partial charge on any atom is -0.385 e. The zero-order chi connectivity index (χ0) is 19.0. The van der Waals surface area contributed by atoms with E-state index in [1.165, 1.54) is 12.1 Å². The number of H-pyrrole nitrogens is 1. The number of nitrogens with one attached hydrogen (secondary N) is 2. The molecule has 4 rings (SSSR count). The maximum absolute atomic E-state index is 13.6. The number of carbonyl (C=O) groups is 1. The van der Waals surface area contributed by atoms with Gasteiger partial charge in [0.1, 0.15) is 5.82 Å². The molecule has 0 radical (unpaired) electrons. The molecule has 3 aromatic rings. The number of hydrogen-bond acceptors (Lipinski definition) is 3. The van der Waals surface area contributed by atoms with Crippen LogP contribution in [0, 0.1) is 5.82 Å². The number of rotatable bonds is 2. The predicted octanol–water partition coefficient (Wildman–Crippen LogP) is 3.87. The number of halogens is 2. The molecule has 8 heteroatoms. The Kier molecular flexibility index (Phi) is 4.49. The van der Waals surface area contributed by atoms with E-state index in [4.69, 9.17) is 11.6 Å². The number of aromatic nitrogens is 2. The first-order valence-electron chi connectivity index (χ1n) is 8.63. The molecule has 0 atom stereocenters. The van der Waals surface area contributed by atoms with Crippen molar-refractivity contribution < 1.29 is 14.3 Å². The van der Waals surface area contributed by atoms with Gasteiger partial charge in [0, 0.05) is 23.5 Å². The standard InChI is InChI=1S/C19H18ClFN4O2/c20-13-9-12(10-14(21)11-13)19(27)5-7-25(8-6-19)18(26)22-17-15-3-1-2-4-16(15)23-24-17/h1-4,9-11,27H,5-8H2,(H2,22,23,24,26). The number of aliphatic hydroxyl groups is 1. The van der Waals surface area contributed by atoms with Gasteiger partial charge in [-0.1, -0.05) is 23.7 Å². The van der Waals surface area contributed by atoms with Crippen LogP contribution in [0.2, 0.25) is 5.02 Å². The Hall–Kier alpha value is -2.64. The summed E-state index contributed by atoms with van der Waals surface area (Å²) >= 11 is 5.90. The van der Waals surface area contributed by atoms with Crippen molar-refractivity contribution >= 4 is 34.4 Å². The fraction of sp³-hybridized carbons (Fsp3) is 0.263. The molecule has 1 saturated heterocycles. The van der Waals surface area contributed by atoms with Gasteiger partial charge in [-0.2, -0.15) is 5.10 Å². The number of nitrogens with zero attached hydrogens (tertiary/aromatic N) is 2. The number of urea groups is 1. The van der Waals surface area contributed by atoms with Gasteiger partial charge in [-0.25, -0.2) is 9.18 Å². The first-order valence-corrected chi connectivity index (χ1v) is 9.00. The number of carbonyl (C=O) groups excluding carboxylic acids is 1. The van der Waals surface area contributed by atoms with Crippen LogP contribution in [-0.2, 0) is 5.60 Å². The highest BCUT2D eigenvalue weighted by atomic mass is 35.5. The molecule has 0 saturated carbocycles. The van der Waals surface area contributed by atoms with Gasteiger partial charge in [-0.05, 0) is 48.7 Å². The lowest BCUT2D eigenvalue weighted by Gasteiger charge is -2.38. The van der Waals surface area contributed by atoms with Crippen molar-refractivity contribution in [2.24, 2.45) is 0 Å². The van der Waals surface area contributed by atoms with Gasteiger partial charge in [0.05, 0.1) is 11.1 Å². The second-order valence-electron chi connectivity index (χ2n) is 6.72. The number of likely N-dealkylation sites (tertiary alicyclic amines) is 1. The van der Waals surface area contributed by atoms with Crippen LogP contribution in [0.4, 0.5) is 15.0 Å². The van der Waals surface area contributed by atoms with E-state index in [0.29, 0.717) is 37.3 Å². The lowest BCUT2D eigenvalue weighted by molar-refractivity contribution is -0.0159. The molecule has 27 heavy (non-hydrogen) atoms. The van der Waals surface area contributed by atoms with Gasteiger partial charge in [0.25, 0.3) is 0 Å². The molecule has 2 amide bonds. The lowest BCUT2D eigenvalue weighted by Crippen LogP contribution is -2.46. The molecular weight excluding hydrogens is 371 g/mol. The highest BCUT2D eigenvalue weighted by Gasteiger charge is 2.36. The smallest absolute Gasteiger partial charge is 0.323 e. The number of hydrogen-bond donors (Lipinski definition) is 3. The first-order chi connectivity index (χ1) is 12.9. The zero-order valence-electron chi connectivity index (χ0n) is 14.4. The van der Waals surface area contributed by atoms with E-state index in [2.05, 4.69) is 15.5 Å². The summed E-state index contributed by atoms with van der Waals surface area (Å²) in [6.45, 7) is 0.664. The minimum atomic E-state index is -1.21. The van der Waals surface area contributed by atoms with Crippen molar-refractivity contribution in [2.75, 3.05) is 18.4 Å². The third-order valence-electron chi connectivity index (χ3n) is 4.97. The molecule has 0 bridgehead atoms. The minimum absolute atomic E-state index is 0.240. The van der Waals surface area contributed by atoms with E-state index in [0.717, 1.165) is 10.9 Å². The highest BCUT2D eigenvalue weighted by molar-refractivity contribution is 6.30. The molecule has 0 unspecified atom stereocenters.